The van der Waals surface area contributed by atoms with E-state index >= 15 is 0 Å². The molecule has 0 rings (SSSR count). The van der Waals surface area contributed by atoms with Crippen molar-refractivity contribution in [3.63, 3.8) is 0 Å². The number of esters is 1. The van der Waals surface area contributed by atoms with Gasteiger partial charge in [0.25, 0.3) is 0 Å². The molecule has 0 saturated carbocycles. The second kappa shape index (κ2) is 70.3. The second-order valence-corrected chi connectivity index (χ2v) is 24.9. The monoisotopic (exact) mass is 1140 g/mol. The molecule has 0 fully saturated rings. The van der Waals surface area contributed by atoms with Gasteiger partial charge in [-0.3, -0.25) is 9.59 Å². The normalized spacial score (nSPS) is 12.8. The highest BCUT2D eigenvalue weighted by Crippen LogP contribution is 2.19. The van der Waals surface area contributed by atoms with E-state index in [9.17, 15) is 19.8 Å². The van der Waals surface area contributed by atoms with E-state index in [0.717, 1.165) is 57.8 Å². The average Bonchev–Trinajstić information content (AvgIpc) is 3.47. The molecule has 0 saturated heterocycles. The Morgan fingerprint density at radius 1 is 0.346 bits per heavy atom. The van der Waals surface area contributed by atoms with E-state index in [4.69, 9.17) is 4.74 Å². The molecule has 2 atom stereocenters. The first-order valence-corrected chi connectivity index (χ1v) is 36.4. The van der Waals surface area contributed by atoms with Gasteiger partial charge in [0.2, 0.25) is 5.91 Å². The minimum Gasteiger partial charge on any atom is -0.466 e. The molecule has 3 N–H and O–H groups in total. The van der Waals surface area contributed by atoms with Crippen LogP contribution in [0.5, 0.6) is 0 Å². The SMILES string of the molecule is CCCCC/C=C\C/C=C\CCCCCCCCCC(=O)OCCCCCCCCCCC/C=C\C/C=C\CCCCCCCCCCCCCC(=O)NC(CO)C(O)CCCCCCCCCCCCCCCCCCCCCC. The zero-order valence-electron chi connectivity index (χ0n) is 54.5. The molecular formula is C75H141NO5. The number of carbonyl (C=O) groups is 2. The van der Waals surface area contributed by atoms with Crippen molar-refractivity contribution in [2.24, 2.45) is 0 Å². The fourth-order valence-corrected chi connectivity index (χ4v) is 11.3. The highest BCUT2D eigenvalue weighted by Gasteiger charge is 2.20. The molecule has 6 nitrogen and oxygen atoms in total. The van der Waals surface area contributed by atoms with E-state index in [1.54, 1.807) is 0 Å². The average molecular weight is 1140 g/mol. The Bertz CT molecular complexity index is 1360. The van der Waals surface area contributed by atoms with Gasteiger partial charge in [0.15, 0.2) is 0 Å². The lowest BCUT2D eigenvalue weighted by atomic mass is 10.0. The van der Waals surface area contributed by atoms with Gasteiger partial charge in [0, 0.05) is 12.8 Å². The summed E-state index contributed by atoms with van der Waals surface area (Å²) in [5.74, 6) is -0.0315. The number of hydrogen-bond acceptors (Lipinski definition) is 5. The molecule has 476 valence electrons. The molecule has 0 aromatic heterocycles. The van der Waals surface area contributed by atoms with Crippen LogP contribution >= 0.6 is 0 Å². The van der Waals surface area contributed by atoms with Crippen LogP contribution in [0.4, 0.5) is 0 Å². The Hall–Kier alpha value is -2.18. The highest BCUT2D eigenvalue weighted by molar-refractivity contribution is 5.76. The van der Waals surface area contributed by atoms with Crippen molar-refractivity contribution in [1.29, 1.82) is 0 Å². The summed E-state index contributed by atoms with van der Waals surface area (Å²) in [6.07, 6.45) is 91.6. The fourth-order valence-electron chi connectivity index (χ4n) is 11.3. The number of rotatable bonds is 68. The lowest BCUT2D eigenvalue weighted by Gasteiger charge is -2.22. The third-order valence-corrected chi connectivity index (χ3v) is 16.9. The number of nitrogens with one attached hydrogen (secondary N) is 1. The summed E-state index contributed by atoms with van der Waals surface area (Å²) in [6.45, 7) is 4.95. The Morgan fingerprint density at radius 3 is 0.963 bits per heavy atom. The quantitative estimate of drug-likeness (QED) is 0.0320. The molecule has 0 aliphatic carbocycles. The van der Waals surface area contributed by atoms with Crippen LogP contribution in [0, 0.1) is 0 Å². The van der Waals surface area contributed by atoms with Gasteiger partial charge in [-0.25, -0.2) is 0 Å². The van der Waals surface area contributed by atoms with Crippen molar-refractivity contribution in [1.82, 2.24) is 5.32 Å². The summed E-state index contributed by atoms with van der Waals surface area (Å²) >= 11 is 0. The van der Waals surface area contributed by atoms with Crippen LogP contribution in [0.3, 0.4) is 0 Å². The number of aliphatic hydroxyl groups is 2. The highest BCUT2D eigenvalue weighted by atomic mass is 16.5. The first-order valence-electron chi connectivity index (χ1n) is 36.4. The summed E-state index contributed by atoms with van der Waals surface area (Å²) < 4.78 is 5.49. The smallest absolute Gasteiger partial charge is 0.305 e. The Labute approximate surface area is 506 Å². The van der Waals surface area contributed by atoms with Crippen molar-refractivity contribution in [3.05, 3.63) is 48.6 Å². The maximum atomic E-state index is 12.5. The molecule has 2 unspecified atom stereocenters. The van der Waals surface area contributed by atoms with E-state index in [1.165, 1.54) is 302 Å². The van der Waals surface area contributed by atoms with Gasteiger partial charge in [-0.2, -0.15) is 0 Å². The second-order valence-electron chi connectivity index (χ2n) is 24.9. The lowest BCUT2D eigenvalue weighted by molar-refractivity contribution is -0.143. The largest absolute Gasteiger partial charge is 0.466 e. The van der Waals surface area contributed by atoms with Gasteiger partial charge in [0.1, 0.15) is 0 Å². The van der Waals surface area contributed by atoms with E-state index in [2.05, 4.69) is 67.8 Å². The molecule has 6 heteroatoms. The number of amides is 1. The maximum absolute atomic E-state index is 12.5. The molecule has 0 heterocycles. The Morgan fingerprint density at radius 2 is 0.617 bits per heavy atom. The minimum absolute atomic E-state index is 0.00321. The summed E-state index contributed by atoms with van der Waals surface area (Å²) in [5.41, 5.74) is 0. The van der Waals surface area contributed by atoms with Crippen molar-refractivity contribution < 1.29 is 24.5 Å². The first-order chi connectivity index (χ1) is 40.0. The zero-order chi connectivity index (χ0) is 58.5. The van der Waals surface area contributed by atoms with Gasteiger partial charge in [0.05, 0.1) is 25.4 Å². The van der Waals surface area contributed by atoms with E-state index in [1.807, 2.05) is 0 Å². The molecule has 0 aliphatic rings. The van der Waals surface area contributed by atoms with E-state index in [-0.39, 0.29) is 18.5 Å². The number of unbranched alkanes of at least 4 members (excludes halogenated alkanes) is 49. The van der Waals surface area contributed by atoms with Crippen molar-refractivity contribution in [2.75, 3.05) is 13.2 Å². The van der Waals surface area contributed by atoms with Crippen LogP contribution in [-0.4, -0.2) is 47.4 Å². The summed E-state index contributed by atoms with van der Waals surface area (Å²) in [6, 6.07) is -0.546. The number of carbonyl (C=O) groups excluding carboxylic acids is 2. The molecule has 81 heavy (non-hydrogen) atoms. The summed E-state index contributed by atoms with van der Waals surface area (Å²) in [4.78, 5) is 24.6. The standard InChI is InChI=1S/C75H141NO5/c1-3-5-7-9-11-13-15-17-19-21-22-32-36-39-43-47-51-55-59-63-67-73(78)72(71-77)76-74(79)68-64-60-56-52-48-44-40-37-33-30-28-26-24-23-25-27-29-31-34-38-42-46-50-54-58-62-66-70-81-75(80)69-65-61-57-53-49-45-41-35-20-18-16-14-12-10-8-6-4-2/h12,14,18,20,23-24,27,29,72-73,77-78H,3-11,13,15-17,19,21-22,25-26,28,30-71H2,1-2H3,(H,76,79)/b14-12-,20-18-,24-23-,29-27-. The molecule has 1 amide bonds. The molecule has 0 aliphatic heterocycles. The third kappa shape index (κ3) is 66.8. The summed E-state index contributed by atoms with van der Waals surface area (Å²) in [7, 11) is 0. The van der Waals surface area contributed by atoms with Gasteiger partial charge >= 0.3 is 5.97 Å². The molecular weight excluding hydrogens is 995 g/mol. The van der Waals surface area contributed by atoms with Crippen molar-refractivity contribution in [2.45, 2.75) is 405 Å². The molecule has 0 radical (unpaired) electrons. The van der Waals surface area contributed by atoms with E-state index in [0.29, 0.717) is 25.9 Å². The van der Waals surface area contributed by atoms with Crippen LogP contribution in [0.1, 0.15) is 393 Å². The van der Waals surface area contributed by atoms with Crippen LogP contribution in [0.25, 0.3) is 0 Å². The first kappa shape index (κ1) is 78.8. The number of ether oxygens (including phenoxy) is 1. The topological polar surface area (TPSA) is 95.9 Å². The molecule has 0 aromatic rings. The molecule has 0 aromatic carbocycles. The van der Waals surface area contributed by atoms with Gasteiger partial charge in [-0.15, -0.1) is 0 Å². The van der Waals surface area contributed by atoms with Crippen molar-refractivity contribution >= 4 is 11.9 Å². The number of allylic oxidation sites excluding steroid dienone is 8. The Balaban J connectivity index is 3.42. The lowest BCUT2D eigenvalue weighted by Crippen LogP contribution is -2.45. The Kier molecular flexibility index (Phi) is 68.4. The van der Waals surface area contributed by atoms with Gasteiger partial charge in [-0.05, 0) is 89.9 Å². The number of hydrogen-bond donors (Lipinski definition) is 3. The number of aliphatic hydroxyl groups excluding tert-OH is 2. The molecule has 0 bridgehead atoms. The predicted molar refractivity (Wildman–Crippen MR) is 356 cm³/mol. The zero-order valence-corrected chi connectivity index (χ0v) is 54.5. The van der Waals surface area contributed by atoms with Gasteiger partial charge in [-0.1, -0.05) is 339 Å². The van der Waals surface area contributed by atoms with Crippen LogP contribution < -0.4 is 5.32 Å². The minimum atomic E-state index is -0.668. The predicted octanol–water partition coefficient (Wildman–Crippen LogP) is 23.6. The van der Waals surface area contributed by atoms with E-state index < -0.39 is 12.1 Å². The van der Waals surface area contributed by atoms with Crippen molar-refractivity contribution in [3.8, 4) is 0 Å². The third-order valence-electron chi connectivity index (χ3n) is 16.9. The van der Waals surface area contributed by atoms with Crippen LogP contribution in [-0.2, 0) is 14.3 Å². The summed E-state index contributed by atoms with van der Waals surface area (Å²) in [5, 5.41) is 23.4. The maximum Gasteiger partial charge on any atom is 0.305 e. The van der Waals surface area contributed by atoms with Crippen LogP contribution in [0.2, 0.25) is 0 Å². The molecule has 0 spiro atoms. The van der Waals surface area contributed by atoms with Crippen LogP contribution in [0.15, 0.2) is 48.6 Å². The fraction of sp³-hybridized carbons (Fsp3) is 0.867. The van der Waals surface area contributed by atoms with Gasteiger partial charge < -0.3 is 20.3 Å².